The van der Waals surface area contributed by atoms with Crippen LogP contribution in [-0.4, -0.2) is 19.0 Å². The molecule has 3 aliphatic carbocycles. The molecule has 0 radical (unpaired) electrons. The molecule has 0 aliphatic heterocycles. The van der Waals surface area contributed by atoms with E-state index in [9.17, 15) is 4.79 Å². The predicted octanol–water partition coefficient (Wildman–Crippen LogP) is 4.64. The highest BCUT2D eigenvalue weighted by atomic mass is 16.5. The quantitative estimate of drug-likeness (QED) is 0.695. The Kier molecular flexibility index (Phi) is 4.04. The summed E-state index contributed by atoms with van der Waals surface area (Å²) in [4.78, 5) is 13.3. The molecule has 2 heteroatoms. The van der Waals surface area contributed by atoms with Gasteiger partial charge < -0.3 is 4.74 Å². The molecule has 0 amide bonds. The summed E-state index contributed by atoms with van der Waals surface area (Å²) in [6.07, 6.45) is 9.16. The lowest BCUT2D eigenvalue weighted by Gasteiger charge is -2.54. The summed E-state index contributed by atoms with van der Waals surface area (Å²) in [5, 5.41) is 0. The van der Waals surface area contributed by atoms with Crippen molar-refractivity contribution >= 4 is 5.78 Å². The van der Waals surface area contributed by atoms with Crippen LogP contribution >= 0.6 is 0 Å². The van der Waals surface area contributed by atoms with Crippen LogP contribution in [0.3, 0.4) is 0 Å². The van der Waals surface area contributed by atoms with Gasteiger partial charge in [-0.25, -0.2) is 0 Å². The van der Waals surface area contributed by atoms with Gasteiger partial charge in [0.05, 0.1) is 6.10 Å². The van der Waals surface area contributed by atoms with Crippen LogP contribution in [0.4, 0.5) is 0 Å². The van der Waals surface area contributed by atoms with Gasteiger partial charge >= 0.3 is 0 Å². The third-order valence-electron chi connectivity index (χ3n) is 7.78. The Morgan fingerprint density at radius 1 is 1.18 bits per heavy atom. The summed E-state index contributed by atoms with van der Waals surface area (Å²) in [7, 11) is 1.86. The molecule has 22 heavy (non-hydrogen) atoms. The van der Waals surface area contributed by atoms with E-state index in [-0.39, 0.29) is 16.7 Å². The molecule has 3 rings (SSSR count). The highest BCUT2D eigenvalue weighted by Gasteiger charge is 2.61. The summed E-state index contributed by atoms with van der Waals surface area (Å²) in [5.74, 6) is 2.60. The number of carbonyl (C=O) groups is 1. The highest BCUT2D eigenvalue weighted by molar-refractivity contribution is 5.89. The van der Waals surface area contributed by atoms with Crippen molar-refractivity contribution in [3.63, 3.8) is 0 Å². The van der Waals surface area contributed by atoms with E-state index >= 15 is 0 Å². The van der Waals surface area contributed by atoms with Crippen LogP contribution in [0.2, 0.25) is 0 Å². The number of carbonyl (C=O) groups excluding carboxylic acids is 1. The average molecular weight is 304 g/mol. The first-order valence-corrected chi connectivity index (χ1v) is 9.10. The fraction of sp³-hybridized carbons (Fsp3) is 0.850. The largest absolute Gasteiger partial charge is 0.381 e. The van der Waals surface area contributed by atoms with Gasteiger partial charge in [-0.1, -0.05) is 19.9 Å². The number of rotatable bonds is 2. The molecule has 3 aliphatic rings. The van der Waals surface area contributed by atoms with E-state index in [1.807, 2.05) is 13.2 Å². The second-order valence-electron chi connectivity index (χ2n) is 8.50. The summed E-state index contributed by atoms with van der Waals surface area (Å²) < 4.78 is 5.89. The Morgan fingerprint density at radius 3 is 2.50 bits per heavy atom. The molecule has 2 nitrogen and oxygen atoms in total. The lowest BCUT2D eigenvalue weighted by Crippen LogP contribution is -2.53. The Labute approximate surface area is 135 Å². The number of hydrogen-bond donors (Lipinski definition) is 0. The zero-order valence-electron chi connectivity index (χ0n) is 14.7. The first-order chi connectivity index (χ1) is 10.4. The van der Waals surface area contributed by atoms with Crippen molar-refractivity contribution in [3.05, 3.63) is 12.7 Å². The maximum Gasteiger partial charge on any atom is 0.145 e. The van der Waals surface area contributed by atoms with Crippen LogP contribution < -0.4 is 0 Å². The molecule has 7 atom stereocenters. The van der Waals surface area contributed by atoms with Gasteiger partial charge in [-0.05, 0) is 68.6 Å². The topological polar surface area (TPSA) is 26.3 Å². The number of Topliss-reactive ketones (excluding diaryl/α,β-unsaturated/α-hetero) is 1. The monoisotopic (exact) mass is 304 g/mol. The van der Waals surface area contributed by atoms with E-state index in [0.717, 1.165) is 25.2 Å². The number of ether oxygens (including phenoxy) is 1. The van der Waals surface area contributed by atoms with Crippen LogP contribution in [-0.2, 0) is 9.53 Å². The third-order valence-corrected chi connectivity index (χ3v) is 7.78. The molecular formula is C20H32O2. The molecule has 0 heterocycles. The normalized spacial score (nSPS) is 51.8. The molecular weight excluding hydrogens is 272 g/mol. The van der Waals surface area contributed by atoms with Crippen molar-refractivity contribution in [2.45, 2.75) is 65.4 Å². The molecule has 0 aromatic carbocycles. The Bertz CT molecular complexity index is 470. The Morgan fingerprint density at radius 2 is 1.86 bits per heavy atom. The minimum absolute atomic E-state index is 0.135. The van der Waals surface area contributed by atoms with Gasteiger partial charge in [0.15, 0.2) is 0 Å². The predicted molar refractivity (Wildman–Crippen MR) is 89.6 cm³/mol. The Hall–Kier alpha value is -0.630. The van der Waals surface area contributed by atoms with Crippen LogP contribution in [0.1, 0.15) is 59.3 Å². The number of hydrogen-bond acceptors (Lipinski definition) is 2. The number of ketones is 1. The van der Waals surface area contributed by atoms with Crippen molar-refractivity contribution in [2.24, 2.45) is 34.5 Å². The lowest BCUT2D eigenvalue weighted by molar-refractivity contribution is -0.146. The fourth-order valence-corrected chi connectivity index (χ4v) is 6.18. The van der Waals surface area contributed by atoms with E-state index in [1.54, 1.807) is 0 Å². The van der Waals surface area contributed by atoms with Crippen molar-refractivity contribution < 1.29 is 9.53 Å². The van der Waals surface area contributed by atoms with E-state index in [2.05, 4.69) is 27.4 Å². The molecule has 0 saturated heterocycles. The fourth-order valence-electron chi connectivity index (χ4n) is 6.18. The van der Waals surface area contributed by atoms with Gasteiger partial charge in [0.1, 0.15) is 5.78 Å². The second kappa shape index (κ2) is 5.47. The van der Waals surface area contributed by atoms with E-state index < -0.39 is 0 Å². The van der Waals surface area contributed by atoms with Crippen molar-refractivity contribution in [1.29, 1.82) is 0 Å². The molecule has 0 N–H and O–H groups in total. The summed E-state index contributed by atoms with van der Waals surface area (Å²) in [5.41, 5.74) is -0.155. The first-order valence-electron chi connectivity index (χ1n) is 9.10. The van der Waals surface area contributed by atoms with Crippen molar-refractivity contribution in [3.8, 4) is 0 Å². The molecule has 3 saturated carbocycles. The summed E-state index contributed by atoms with van der Waals surface area (Å²) in [6.45, 7) is 10.7. The Balaban J connectivity index is 2.07. The van der Waals surface area contributed by atoms with Crippen LogP contribution in [0.5, 0.6) is 0 Å². The van der Waals surface area contributed by atoms with Crippen LogP contribution in [0.15, 0.2) is 12.7 Å². The van der Waals surface area contributed by atoms with Crippen molar-refractivity contribution in [1.82, 2.24) is 0 Å². The smallest absolute Gasteiger partial charge is 0.145 e. The second-order valence-corrected chi connectivity index (χ2v) is 8.50. The lowest BCUT2D eigenvalue weighted by atomic mass is 9.50. The van der Waals surface area contributed by atoms with Crippen LogP contribution in [0, 0.1) is 34.5 Å². The zero-order chi connectivity index (χ0) is 16.1. The van der Waals surface area contributed by atoms with E-state index in [1.165, 1.54) is 19.3 Å². The SMILES string of the molecule is C=C[C@]1(C)CCC2[C@H](C)CC[C@]3(CC[C@@H](OC)[C@H]23)[C@@H](C)C1=O. The number of methoxy groups -OCH3 is 1. The van der Waals surface area contributed by atoms with Gasteiger partial charge in [-0.15, -0.1) is 6.58 Å². The van der Waals surface area contributed by atoms with Crippen molar-refractivity contribution in [2.75, 3.05) is 7.11 Å². The number of allylic oxidation sites excluding steroid dienone is 1. The molecule has 0 aromatic heterocycles. The minimum atomic E-state index is -0.335. The summed E-state index contributed by atoms with van der Waals surface area (Å²) >= 11 is 0. The molecule has 124 valence electrons. The third kappa shape index (κ3) is 2.06. The minimum Gasteiger partial charge on any atom is -0.381 e. The standard InChI is InChI=1S/C20H32O2/c1-6-19(4)10-8-15-13(2)7-11-20(14(3)18(19)21)12-9-16(22-5)17(15)20/h6,13-17H,1,7-12H2,2-5H3/t13-,14+,15?,16-,17+,19-,20+/m1/s1. The van der Waals surface area contributed by atoms with Gasteiger partial charge in [0.25, 0.3) is 0 Å². The average Bonchev–Trinajstić information content (AvgIpc) is 2.91. The van der Waals surface area contributed by atoms with Gasteiger partial charge in [-0.3, -0.25) is 4.79 Å². The zero-order valence-corrected chi connectivity index (χ0v) is 14.7. The van der Waals surface area contributed by atoms with Gasteiger partial charge in [0.2, 0.25) is 0 Å². The van der Waals surface area contributed by atoms with E-state index in [4.69, 9.17) is 4.74 Å². The highest BCUT2D eigenvalue weighted by Crippen LogP contribution is 2.63. The van der Waals surface area contributed by atoms with Crippen LogP contribution in [0.25, 0.3) is 0 Å². The van der Waals surface area contributed by atoms with E-state index in [0.29, 0.717) is 23.7 Å². The first kappa shape index (κ1) is 16.2. The summed E-state index contributed by atoms with van der Waals surface area (Å²) in [6, 6.07) is 0. The molecule has 3 fully saturated rings. The molecule has 0 spiro atoms. The molecule has 2 bridgehead atoms. The maximum absolute atomic E-state index is 13.3. The molecule has 0 aromatic rings. The maximum atomic E-state index is 13.3. The van der Waals surface area contributed by atoms with Gasteiger partial charge in [0, 0.05) is 18.4 Å². The van der Waals surface area contributed by atoms with Gasteiger partial charge in [-0.2, -0.15) is 0 Å². The molecule has 1 unspecified atom stereocenters.